The second kappa shape index (κ2) is 4.86. The Hall–Kier alpha value is -2.04. The number of anilines is 1. The highest BCUT2D eigenvalue weighted by molar-refractivity contribution is 5.74. The maximum absolute atomic E-state index is 10.6. The van der Waals surface area contributed by atoms with Gasteiger partial charge in [-0.05, 0) is 18.6 Å². The van der Waals surface area contributed by atoms with E-state index in [1.54, 1.807) is 0 Å². The molecule has 0 fully saturated rings. The van der Waals surface area contributed by atoms with E-state index in [1.165, 1.54) is 0 Å². The van der Waals surface area contributed by atoms with Crippen LogP contribution in [0.2, 0.25) is 0 Å². The zero-order valence-electron chi connectivity index (χ0n) is 9.51. The third-order valence-electron chi connectivity index (χ3n) is 2.54. The SMILES string of the molecule is CCC(CC(=O)O)Nc1nc2ccccc2o1. The van der Waals surface area contributed by atoms with Gasteiger partial charge in [0.1, 0.15) is 5.52 Å². The number of aliphatic carboxylic acids is 1. The molecule has 0 spiro atoms. The maximum atomic E-state index is 10.6. The number of benzene rings is 1. The van der Waals surface area contributed by atoms with Gasteiger partial charge in [-0.3, -0.25) is 4.79 Å². The average molecular weight is 234 g/mol. The van der Waals surface area contributed by atoms with E-state index in [2.05, 4.69) is 10.3 Å². The van der Waals surface area contributed by atoms with E-state index in [1.807, 2.05) is 31.2 Å². The van der Waals surface area contributed by atoms with Gasteiger partial charge in [-0.2, -0.15) is 4.98 Å². The molecule has 0 bridgehead atoms. The lowest BCUT2D eigenvalue weighted by Crippen LogP contribution is -2.22. The summed E-state index contributed by atoms with van der Waals surface area (Å²) in [4.78, 5) is 14.9. The third-order valence-corrected chi connectivity index (χ3v) is 2.54. The molecule has 2 N–H and O–H groups in total. The summed E-state index contributed by atoms with van der Waals surface area (Å²) in [5.74, 6) is -0.833. The molecular weight excluding hydrogens is 220 g/mol. The fraction of sp³-hybridized carbons (Fsp3) is 0.333. The number of hydrogen-bond acceptors (Lipinski definition) is 4. The van der Waals surface area contributed by atoms with E-state index in [9.17, 15) is 4.79 Å². The van der Waals surface area contributed by atoms with E-state index >= 15 is 0 Å². The van der Waals surface area contributed by atoms with Gasteiger partial charge in [-0.25, -0.2) is 0 Å². The van der Waals surface area contributed by atoms with Crippen LogP contribution in [0.1, 0.15) is 19.8 Å². The molecule has 5 nitrogen and oxygen atoms in total. The summed E-state index contributed by atoms with van der Waals surface area (Å²) >= 11 is 0. The van der Waals surface area contributed by atoms with Crippen LogP contribution in [0.5, 0.6) is 0 Å². The van der Waals surface area contributed by atoms with Crippen molar-refractivity contribution >= 4 is 23.1 Å². The first-order chi connectivity index (χ1) is 8.19. The lowest BCUT2D eigenvalue weighted by molar-refractivity contribution is -0.137. The number of nitrogens with one attached hydrogen (secondary N) is 1. The summed E-state index contributed by atoms with van der Waals surface area (Å²) < 4.78 is 5.47. The van der Waals surface area contributed by atoms with Gasteiger partial charge in [0.2, 0.25) is 0 Å². The molecule has 2 aromatic rings. The molecular formula is C12H14N2O3. The first-order valence-corrected chi connectivity index (χ1v) is 5.53. The quantitative estimate of drug-likeness (QED) is 0.831. The zero-order valence-corrected chi connectivity index (χ0v) is 9.51. The fourth-order valence-electron chi connectivity index (χ4n) is 1.62. The number of hydrogen-bond donors (Lipinski definition) is 2. The van der Waals surface area contributed by atoms with Gasteiger partial charge in [-0.15, -0.1) is 0 Å². The molecule has 0 aliphatic rings. The van der Waals surface area contributed by atoms with Crippen molar-refractivity contribution in [3.8, 4) is 0 Å². The molecule has 0 saturated carbocycles. The highest BCUT2D eigenvalue weighted by atomic mass is 16.4. The minimum absolute atomic E-state index is 0.0508. The fourth-order valence-corrected chi connectivity index (χ4v) is 1.62. The number of nitrogens with zero attached hydrogens (tertiary/aromatic N) is 1. The molecule has 0 saturated heterocycles. The van der Waals surface area contributed by atoms with Crippen molar-refractivity contribution in [2.24, 2.45) is 0 Å². The van der Waals surface area contributed by atoms with Crippen molar-refractivity contribution in [2.75, 3.05) is 5.32 Å². The maximum Gasteiger partial charge on any atom is 0.305 e. The number of para-hydroxylation sites is 2. The Balaban J connectivity index is 2.14. The predicted molar refractivity (Wildman–Crippen MR) is 64.0 cm³/mol. The summed E-state index contributed by atoms with van der Waals surface area (Å²) in [5, 5.41) is 11.7. The lowest BCUT2D eigenvalue weighted by Gasteiger charge is -2.12. The number of rotatable bonds is 5. The lowest BCUT2D eigenvalue weighted by atomic mass is 10.1. The van der Waals surface area contributed by atoms with Crippen molar-refractivity contribution in [1.82, 2.24) is 4.98 Å². The van der Waals surface area contributed by atoms with E-state index in [4.69, 9.17) is 9.52 Å². The highest BCUT2D eigenvalue weighted by Crippen LogP contribution is 2.19. The van der Waals surface area contributed by atoms with Crippen LogP contribution < -0.4 is 5.32 Å². The monoisotopic (exact) mass is 234 g/mol. The predicted octanol–water partition coefficient (Wildman–Crippen LogP) is 2.49. The third kappa shape index (κ3) is 2.75. The molecule has 1 heterocycles. The summed E-state index contributed by atoms with van der Waals surface area (Å²) in [6.07, 6.45) is 0.750. The second-order valence-corrected chi connectivity index (χ2v) is 3.83. The smallest absolute Gasteiger partial charge is 0.305 e. The van der Waals surface area contributed by atoms with Crippen LogP contribution in [0.4, 0.5) is 6.01 Å². The van der Waals surface area contributed by atoms with Gasteiger partial charge in [-0.1, -0.05) is 19.1 Å². The molecule has 0 amide bonds. The van der Waals surface area contributed by atoms with Gasteiger partial charge >= 0.3 is 5.97 Å². The first-order valence-electron chi connectivity index (χ1n) is 5.53. The van der Waals surface area contributed by atoms with Gasteiger partial charge in [0.05, 0.1) is 6.42 Å². The van der Waals surface area contributed by atoms with Crippen molar-refractivity contribution < 1.29 is 14.3 Å². The van der Waals surface area contributed by atoms with E-state index in [-0.39, 0.29) is 12.5 Å². The summed E-state index contributed by atoms with van der Waals surface area (Å²) in [6.45, 7) is 1.92. The largest absolute Gasteiger partial charge is 0.481 e. The number of carboxylic acids is 1. The van der Waals surface area contributed by atoms with Crippen LogP contribution in [0.25, 0.3) is 11.1 Å². The van der Waals surface area contributed by atoms with Crippen LogP contribution in [0.3, 0.4) is 0 Å². The zero-order chi connectivity index (χ0) is 12.3. The molecule has 1 aromatic heterocycles. The summed E-state index contributed by atoms with van der Waals surface area (Å²) in [6, 6.07) is 7.63. The van der Waals surface area contributed by atoms with Crippen LogP contribution in [0.15, 0.2) is 28.7 Å². The van der Waals surface area contributed by atoms with Gasteiger partial charge in [0.15, 0.2) is 5.58 Å². The minimum Gasteiger partial charge on any atom is -0.481 e. The molecule has 1 aromatic carbocycles. The van der Waals surface area contributed by atoms with Crippen molar-refractivity contribution in [2.45, 2.75) is 25.8 Å². The Kier molecular flexibility index (Phi) is 3.27. The molecule has 0 aliphatic heterocycles. The Labute approximate surface area is 98.5 Å². The molecule has 17 heavy (non-hydrogen) atoms. The van der Waals surface area contributed by atoms with Crippen molar-refractivity contribution in [3.05, 3.63) is 24.3 Å². The van der Waals surface area contributed by atoms with Crippen LogP contribution in [0, 0.1) is 0 Å². The van der Waals surface area contributed by atoms with Crippen molar-refractivity contribution in [1.29, 1.82) is 0 Å². The Morgan fingerprint density at radius 3 is 2.94 bits per heavy atom. The Morgan fingerprint density at radius 1 is 1.53 bits per heavy atom. The highest BCUT2D eigenvalue weighted by Gasteiger charge is 2.13. The van der Waals surface area contributed by atoms with Crippen LogP contribution in [-0.4, -0.2) is 22.1 Å². The summed E-state index contributed by atoms with van der Waals surface area (Å²) in [7, 11) is 0. The number of aromatic nitrogens is 1. The average Bonchev–Trinajstić information content (AvgIpc) is 2.69. The first kappa shape index (κ1) is 11.4. The van der Waals surface area contributed by atoms with E-state index in [0.717, 1.165) is 5.52 Å². The van der Waals surface area contributed by atoms with E-state index in [0.29, 0.717) is 18.0 Å². The second-order valence-electron chi connectivity index (χ2n) is 3.83. The summed E-state index contributed by atoms with van der Waals surface area (Å²) in [5.41, 5.74) is 1.46. The minimum atomic E-state index is -0.833. The van der Waals surface area contributed by atoms with Gasteiger partial charge in [0.25, 0.3) is 6.01 Å². The van der Waals surface area contributed by atoms with Crippen molar-refractivity contribution in [3.63, 3.8) is 0 Å². The normalized spacial score (nSPS) is 12.5. The van der Waals surface area contributed by atoms with Crippen LogP contribution >= 0.6 is 0 Å². The Bertz CT molecular complexity index is 488. The topological polar surface area (TPSA) is 75.4 Å². The number of carbonyl (C=O) groups is 1. The Morgan fingerprint density at radius 2 is 2.29 bits per heavy atom. The van der Waals surface area contributed by atoms with E-state index < -0.39 is 5.97 Å². The molecule has 0 radical (unpaired) electrons. The number of oxazole rings is 1. The molecule has 1 unspecified atom stereocenters. The number of carboxylic acid groups (broad SMARTS) is 1. The molecule has 0 aliphatic carbocycles. The standard InChI is InChI=1S/C12H14N2O3/c1-2-8(7-11(15)16)13-12-14-9-5-3-4-6-10(9)17-12/h3-6,8H,2,7H2,1H3,(H,13,14)(H,15,16). The van der Waals surface area contributed by atoms with Gasteiger partial charge in [0, 0.05) is 6.04 Å². The number of fused-ring (bicyclic) bond motifs is 1. The molecule has 90 valence electrons. The van der Waals surface area contributed by atoms with Crippen LogP contribution in [-0.2, 0) is 4.79 Å². The van der Waals surface area contributed by atoms with Gasteiger partial charge < -0.3 is 14.8 Å². The molecule has 5 heteroatoms. The molecule has 2 rings (SSSR count). The molecule has 1 atom stereocenters.